The molecule has 5 nitrogen and oxygen atoms in total. The van der Waals surface area contributed by atoms with Crippen LogP contribution >= 0.6 is 11.8 Å². The first-order valence-corrected chi connectivity index (χ1v) is 9.21. The van der Waals surface area contributed by atoms with Gasteiger partial charge in [0.25, 0.3) is 0 Å². The lowest BCUT2D eigenvalue weighted by atomic mass is 10.2. The molecule has 0 fully saturated rings. The maximum absolute atomic E-state index is 5.53. The number of hydrogen-bond acceptors (Lipinski definition) is 4. The third-order valence-electron chi connectivity index (χ3n) is 3.36. The number of hydrogen-bond donors (Lipinski definition) is 2. The fraction of sp³-hybridized carbons (Fsp3) is 0.316. The monoisotopic (exact) mass is 359 g/mol. The predicted octanol–water partition coefficient (Wildman–Crippen LogP) is 3.87. The molecule has 0 heterocycles. The van der Waals surface area contributed by atoms with Crippen molar-refractivity contribution in [3.8, 4) is 11.5 Å². The average Bonchev–Trinajstić information content (AvgIpc) is 2.66. The van der Waals surface area contributed by atoms with Crippen molar-refractivity contribution in [2.24, 2.45) is 4.99 Å². The van der Waals surface area contributed by atoms with E-state index in [1.807, 2.05) is 43.0 Å². The van der Waals surface area contributed by atoms with Gasteiger partial charge in [-0.05, 0) is 31.2 Å². The molecule has 0 saturated heterocycles. The molecule has 0 spiro atoms. The first-order chi connectivity index (χ1) is 12.3. The number of benzene rings is 2. The van der Waals surface area contributed by atoms with Crippen molar-refractivity contribution < 1.29 is 9.47 Å². The van der Waals surface area contributed by atoms with Gasteiger partial charge in [0.05, 0.1) is 13.7 Å². The Labute approximate surface area is 153 Å². The highest BCUT2D eigenvalue weighted by atomic mass is 32.2. The van der Waals surface area contributed by atoms with Crippen molar-refractivity contribution in [1.29, 1.82) is 0 Å². The Morgan fingerprint density at radius 1 is 1.12 bits per heavy atom. The average molecular weight is 359 g/mol. The number of ether oxygens (including phenoxy) is 2. The quantitative estimate of drug-likeness (QED) is 0.324. The molecule has 0 saturated carbocycles. The summed E-state index contributed by atoms with van der Waals surface area (Å²) in [5, 5.41) is 6.58. The molecule has 2 aromatic rings. The minimum absolute atomic E-state index is 0.603. The van der Waals surface area contributed by atoms with E-state index in [4.69, 9.17) is 9.47 Å². The Morgan fingerprint density at radius 2 is 1.92 bits per heavy atom. The number of aliphatic imine (C=N–C) groups is 1. The van der Waals surface area contributed by atoms with E-state index in [2.05, 4.69) is 39.9 Å². The molecule has 2 N–H and O–H groups in total. The predicted molar refractivity (Wildman–Crippen MR) is 106 cm³/mol. The van der Waals surface area contributed by atoms with E-state index in [0.717, 1.165) is 29.7 Å². The fourth-order valence-electron chi connectivity index (χ4n) is 2.19. The van der Waals surface area contributed by atoms with E-state index in [0.29, 0.717) is 12.4 Å². The smallest absolute Gasteiger partial charge is 0.195 e. The van der Waals surface area contributed by atoms with Gasteiger partial charge in [-0.25, -0.2) is 0 Å². The molecule has 0 unspecified atom stereocenters. The minimum Gasteiger partial charge on any atom is -0.493 e. The standard InChI is InChI=1S/C19H25N3O2S/c1-4-24-17-11-10-15(14-18(17)23-3)22-19(20-2)21-12-13-25-16-8-6-5-7-9-16/h5-11,14H,4,12-13H2,1-3H3,(H2,20,21,22). The highest BCUT2D eigenvalue weighted by Gasteiger charge is 2.06. The van der Waals surface area contributed by atoms with E-state index >= 15 is 0 Å². The van der Waals surface area contributed by atoms with Gasteiger partial charge < -0.3 is 20.1 Å². The highest BCUT2D eigenvalue weighted by molar-refractivity contribution is 7.99. The Balaban J connectivity index is 1.85. The topological polar surface area (TPSA) is 54.9 Å². The van der Waals surface area contributed by atoms with E-state index < -0.39 is 0 Å². The van der Waals surface area contributed by atoms with Crippen molar-refractivity contribution in [3.63, 3.8) is 0 Å². The van der Waals surface area contributed by atoms with Crippen molar-refractivity contribution in [3.05, 3.63) is 48.5 Å². The molecular weight excluding hydrogens is 334 g/mol. The molecule has 0 radical (unpaired) electrons. The summed E-state index contributed by atoms with van der Waals surface area (Å²) in [6.45, 7) is 3.36. The van der Waals surface area contributed by atoms with Crippen molar-refractivity contribution in [2.45, 2.75) is 11.8 Å². The summed E-state index contributed by atoms with van der Waals surface area (Å²) < 4.78 is 10.9. The van der Waals surface area contributed by atoms with Crippen LogP contribution in [0, 0.1) is 0 Å². The molecular formula is C19H25N3O2S. The van der Waals surface area contributed by atoms with Crippen molar-refractivity contribution in [1.82, 2.24) is 5.32 Å². The van der Waals surface area contributed by atoms with Gasteiger partial charge in [-0.2, -0.15) is 0 Å². The summed E-state index contributed by atoms with van der Waals surface area (Å²) in [5.41, 5.74) is 0.893. The molecule has 0 amide bonds. The SMILES string of the molecule is CCOc1ccc(NC(=NC)NCCSc2ccccc2)cc1OC. The van der Waals surface area contributed by atoms with Crippen LogP contribution in [-0.2, 0) is 0 Å². The molecule has 0 atom stereocenters. The van der Waals surface area contributed by atoms with E-state index in [1.54, 1.807) is 14.2 Å². The summed E-state index contributed by atoms with van der Waals surface area (Å²) in [7, 11) is 3.39. The molecule has 6 heteroatoms. The van der Waals surface area contributed by atoms with Crippen LogP contribution < -0.4 is 20.1 Å². The zero-order valence-electron chi connectivity index (χ0n) is 14.9. The molecule has 2 aromatic carbocycles. The molecule has 0 aliphatic heterocycles. The fourth-order valence-corrected chi connectivity index (χ4v) is 2.98. The molecule has 134 valence electrons. The lowest BCUT2D eigenvalue weighted by Crippen LogP contribution is -2.32. The largest absolute Gasteiger partial charge is 0.493 e. The Kier molecular flexibility index (Phi) is 7.98. The lowest BCUT2D eigenvalue weighted by molar-refractivity contribution is 0.311. The summed E-state index contributed by atoms with van der Waals surface area (Å²) in [5.74, 6) is 3.11. The molecule has 0 bridgehead atoms. The van der Waals surface area contributed by atoms with Crippen LogP contribution in [0.3, 0.4) is 0 Å². The number of nitrogens with one attached hydrogen (secondary N) is 2. The third kappa shape index (κ3) is 6.23. The number of anilines is 1. The van der Waals surface area contributed by atoms with Crippen molar-refractivity contribution in [2.75, 3.05) is 38.4 Å². The van der Waals surface area contributed by atoms with Crippen LogP contribution in [0.25, 0.3) is 0 Å². The normalized spacial score (nSPS) is 11.1. The number of methoxy groups -OCH3 is 1. The Hall–Kier alpha value is -2.34. The maximum atomic E-state index is 5.53. The first-order valence-electron chi connectivity index (χ1n) is 8.23. The van der Waals surface area contributed by atoms with Gasteiger partial charge in [-0.3, -0.25) is 4.99 Å². The number of rotatable bonds is 8. The summed E-state index contributed by atoms with van der Waals surface area (Å²) >= 11 is 1.81. The Morgan fingerprint density at radius 3 is 2.60 bits per heavy atom. The van der Waals surface area contributed by atoms with Gasteiger partial charge in [-0.15, -0.1) is 11.8 Å². The minimum atomic E-state index is 0.603. The molecule has 0 aliphatic rings. The van der Waals surface area contributed by atoms with Crippen LogP contribution in [-0.4, -0.2) is 39.0 Å². The lowest BCUT2D eigenvalue weighted by Gasteiger charge is -2.14. The number of guanidine groups is 1. The highest BCUT2D eigenvalue weighted by Crippen LogP contribution is 2.30. The Bertz CT molecular complexity index is 678. The van der Waals surface area contributed by atoms with Gasteiger partial charge in [0.2, 0.25) is 0 Å². The van der Waals surface area contributed by atoms with Crippen LogP contribution in [0.1, 0.15) is 6.92 Å². The molecule has 2 rings (SSSR count). The van der Waals surface area contributed by atoms with Gasteiger partial charge >= 0.3 is 0 Å². The summed E-state index contributed by atoms with van der Waals surface area (Å²) in [6.07, 6.45) is 0. The second kappa shape index (κ2) is 10.5. The van der Waals surface area contributed by atoms with Crippen LogP contribution in [0.4, 0.5) is 5.69 Å². The zero-order chi connectivity index (χ0) is 17.9. The number of nitrogens with zero attached hydrogens (tertiary/aromatic N) is 1. The van der Waals surface area contributed by atoms with Crippen LogP contribution in [0.2, 0.25) is 0 Å². The molecule has 0 aliphatic carbocycles. The third-order valence-corrected chi connectivity index (χ3v) is 4.37. The van der Waals surface area contributed by atoms with Gasteiger partial charge in [0, 0.05) is 36.0 Å². The van der Waals surface area contributed by atoms with Gasteiger partial charge in [-0.1, -0.05) is 18.2 Å². The first kappa shape index (κ1) is 19.0. The van der Waals surface area contributed by atoms with Crippen LogP contribution in [0.15, 0.2) is 58.4 Å². The van der Waals surface area contributed by atoms with E-state index in [9.17, 15) is 0 Å². The second-order valence-corrected chi connectivity index (χ2v) is 6.25. The van der Waals surface area contributed by atoms with Crippen molar-refractivity contribution >= 4 is 23.4 Å². The van der Waals surface area contributed by atoms with Crippen LogP contribution in [0.5, 0.6) is 11.5 Å². The zero-order valence-corrected chi connectivity index (χ0v) is 15.7. The summed E-state index contributed by atoms with van der Waals surface area (Å²) in [6, 6.07) is 16.1. The van der Waals surface area contributed by atoms with E-state index in [1.165, 1.54) is 4.90 Å². The molecule has 25 heavy (non-hydrogen) atoms. The maximum Gasteiger partial charge on any atom is 0.195 e. The van der Waals surface area contributed by atoms with E-state index in [-0.39, 0.29) is 0 Å². The summed E-state index contributed by atoms with van der Waals surface area (Å²) in [4.78, 5) is 5.52. The number of thioether (sulfide) groups is 1. The van der Waals surface area contributed by atoms with Gasteiger partial charge in [0.15, 0.2) is 17.5 Å². The molecule has 0 aromatic heterocycles. The second-order valence-electron chi connectivity index (χ2n) is 5.08. The van der Waals surface area contributed by atoms with Gasteiger partial charge in [0.1, 0.15) is 0 Å².